The lowest BCUT2D eigenvalue weighted by Crippen LogP contribution is -2.52. The van der Waals surface area contributed by atoms with E-state index in [-0.39, 0.29) is 5.91 Å². The average Bonchev–Trinajstić information content (AvgIpc) is 2.32. The third-order valence-electron chi connectivity index (χ3n) is 3.30. The minimum Gasteiger partial charge on any atom is -0.337 e. The number of nitrogens with one attached hydrogen (secondary N) is 1. The molecule has 0 spiro atoms. The Balaban J connectivity index is 1.98. The molecule has 1 aliphatic heterocycles. The number of carbonyl (C=O) groups excluding carboxylic acids is 1. The summed E-state index contributed by atoms with van der Waals surface area (Å²) in [5.41, 5.74) is 2.34. The van der Waals surface area contributed by atoms with Gasteiger partial charge in [-0.3, -0.25) is 4.79 Å². The van der Waals surface area contributed by atoms with Crippen LogP contribution in [0.15, 0.2) is 24.3 Å². The van der Waals surface area contributed by atoms with E-state index >= 15 is 0 Å². The average molecular weight is 232 g/mol. The van der Waals surface area contributed by atoms with E-state index in [4.69, 9.17) is 0 Å². The molecule has 1 aromatic rings. The summed E-state index contributed by atoms with van der Waals surface area (Å²) in [6.45, 7) is 6.79. The molecule has 3 nitrogen and oxygen atoms in total. The lowest BCUT2D eigenvalue weighted by atomic mass is 10.1. The number of hydrogen-bond acceptors (Lipinski definition) is 2. The van der Waals surface area contributed by atoms with Gasteiger partial charge in [0.05, 0.1) is 6.42 Å². The fraction of sp³-hybridized carbons (Fsp3) is 0.500. The first kappa shape index (κ1) is 12.1. The van der Waals surface area contributed by atoms with Crippen LogP contribution in [0, 0.1) is 6.92 Å². The molecule has 0 bridgehead atoms. The van der Waals surface area contributed by atoms with Crippen LogP contribution in [0.5, 0.6) is 0 Å². The summed E-state index contributed by atoms with van der Waals surface area (Å²) in [6, 6.07) is 8.51. The van der Waals surface area contributed by atoms with Gasteiger partial charge in [-0.1, -0.05) is 29.8 Å². The predicted octanol–water partition coefficient (Wildman–Crippen LogP) is 1.36. The quantitative estimate of drug-likeness (QED) is 0.835. The Morgan fingerprint density at radius 1 is 1.41 bits per heavy atom. The molecule has 1 fully saturated rings. The highest BCUT2D eigenvalue weighted by molar-refractivity contribution is 5.79. The van der Waals surface area contributed by atoms with Gasteiger partial charge in [0, 0.05) is 25.7 Å². The van der Waals surface area contributed by atoms with Crippen LogP contribution in [0.1, 0.15) is 18.1 Å². The number of hydrogen-bond donors (Lipinski definition) is 1. The Labute approximate surface area is 103 Å². The lowest BCUT2D eigenvalue weighted by molar-refractivity contribution is -0.133. The van der Waals surface area contributed by atoms with E-state index in [1.807, 2.05) is 17.0 Å². The van der Waals surface area contributed by atoms with E-state index in [0.29, 0.717) is 12.5 Å². The molecule has 0 aromatic heterocycles. The Kier molecular flexibility index (Phi) is 3.79. The van der Waals surface area contributed by atoms with Crippen molar-refractivity contribution in [3.8, 4) is 0 Å². The van der Waals surface area contributed by atoms with E-state index < -0.39 is 0 Å². The van der Waals surface area contributed by atoms with Crippen molar-refractivity contribution in [1.82, 2.24) is 10.2 Å². The van der Waals surface area contributed by atoms with Gasteiger partial charge in [-0.15, -0.1) is 0 Å². The van der Waals surface area contributed by atoms with Crippen LogP contribution in [0.3, 0.4) is 0 Å². The fourth-order valence-corrected chi connectivity index (χ4v) is 2.19. The normalized spacial score (nSPS) is 20.4. The van der Waals surface area contributed by atoms with Crippen molar-refractivity contribution in [2.75, 3.05) is 19.6 Å². The highest BCUT2D eigenvalue weighted by atomic mass is 16.2. The van der Waals surface area contributed by atoms with Crippen molar-refractivity contribution in [2.24, 2.45) is 0 Å². The Bertz CT molecular complexity index is 386. The van der Waals surface area contributed by atoms with E-state index in [9.17, 15) is 4.79 Å². The minimum atomic E-state index is 0.239. The fourth-order valence-electron chi connectivity index (χ4n) is 2.19. The first-order valence-corrected chi connectivity index (χ1v) is 6.22. The minimum absolute atomic E-state index is 0.239. The largest absolute Gasteiger partial charge is 0.337 e. The summed E-state index contributed by atoms with van der Waals surface area (Å²) in [5.74, 6) is 0.239. The molecule has 1 saturated heterocycles. The first-order chi connectivity index (χ1) is 8.16. The number of benzene rings is 1. The second-order valence-electron chi connectivity index (χ2n) is 4.80. The van der Waals surface area contributed by atoms with Crippen LogP contribution < -0.4 is 5.32 Å². The predicted molar refractivity (Wildman–Crippen MR) is 68.9 cm³/mol. The molecule has 0 saturated carbocycles. The maximum atomic E-state index is 12.2. The van der Waals surface area contributed by atoms with Crippen molar-refractivity contribution < 1.29 is 4.79 Å². The summed E-state index contributed by atoms with van der Waals surface area (Å²) in [6.07, 6.45) is 0.518. The summed E-state index contributed by atoms with van der Waals surface area (Å²) in [5, 5.41) is 3.30. The van der Waals surface area contributed by atoms with Gasteiger partial charge in [-0.25, -0.2) is 0 Å². The highest BCUT2D eigenvalue weighted by Gasteiger charge is 2.22. The summed E-state index contributed by atoms with van der Waals surface area (Å²) in [4.78, 5) is 14.1. The molecule has 1 atom stereocenters. The Morgan fingerprint density at radius 3 is 2.76 bits per heavy atom. The van der Waals surface area contributed by atoms with E-state index in [1.54, 1.807) is 0 Å². The monoisotopic (exact) mass is 232 g/mol. The number of nitrogens with zero attached hydrogens (tertiary/aromatic N) is 1. The number of aryl methyl sites for hydroxylation is 1. The molecule has 1 heterocycles. The van der Waals surface area contributed by atoms with Gasteiger partial charge in [0.1, 0.15) is 0 Å². The topological polar surface area (TPSA) is 32.3 Å². The first-order valence-electron chi connectivity index (χ1n) is 6.22. The molecule has 17 heavy (non-hydrogen) atoms. The number of carbonyl (C=O) groups is 1. The van der Waals surface area contributed by atoms with Gasteiger partial charge in [0.25, 0.3) is 0 Å². The van der Waals surface area contributed by atoms with Gasteiger partial charge in [0.15, 0.2) is 0 Å². The van der Waals surface area contributed by atoms with Gasteiger partial charge in [-0.2, -0.15) is 0 Å². The van der Waals surface area contributed by atoms with E-state index in [0.717, 1.165) is 25.2 Å². The molecular weight excluding hydrogens is 212 g/mol. The third-order valence-corrected chi connectivity index (χ3v) is 3.30. The van der Waals surface area contributed by atoms with Crippen molar-refractivity contribution in [3.05, 3.63) is 35.4 Å². The zero-order valence-corrected chi connectivity index (χ0v) is 10.6. The van der Waals surface area contributed by atoms with Crippen molar-refractivity contribution in [3.63, 3.8) is 0 Å². The second kappa shape index (κ2) is 5.32. The van der Waals surface area contributed by atoms with Gasteiger partial charge in [-0.05, 0) is 19.4 Å². The molecule has 92 valence electrons. The molecule has 1 N–H and O–H groups in total. The van der Waals surface area contributed by atoms with Crippen LogP contribution in [0.2, 0.25) is 0 Å². The number of amides is 1. The Hall–Kier alpha value is -1.35. The number of rotatable bonds is 2. The molecule has 0 unspecified atom stereocenters. The van der Waals surface area contributed by atoms with Crippen LogP contribution in [0.4, 0.5) is 0 Å². The molecule has 0 aliphatic carbocycles. The zero-order valence-electron chi connectivity index (χ0n) is 10.6. The van der Waals surface area contributed by atoms with Crippen molar-refractivity contribution in [1.29, 1.82) is 0 Å². The van der Waals surface area contributed by atoms with Gasteiger partial charge >= 0.3 is 0 Å². The van der Waals surface area contributed by atoms with Crippen LogP contribution >= 0.6 is 0 Å². The molecule has 1 amide bonds. The summed E-state index contributed by atoms with van der Waals surface area (Å²) < 4.78 is 0. The van der Waals surface area contributed by atoms with E-state index in [2.05, 4.69) is 31.3 Å². The molecular formula is C14H20N2O. The standard InChI is InChI=1S/C14H20N2O/c1-11-3-5-13(6-4-11)9-14(17)16-8-7-15-10-12(16)2/h3-6,12,15H,7-10H2,1-2H3/t12-/m1/s1. The maximum absolute atomic E-state index is 12.2. The third kappa shape index (κ3) is 3.07. The van der Waals surface area contributed by atoms with Gasteiger partial charge in [0.2, 0.25) is 5.91 Å². The van der Waals surface area contributed by atoms with Crippen LogP contribution in [0.25, 0.3) is 0 Å². The smallest absolute Gasteiger partial charge is 0.227 e. The SMILES string of the molecule is Cc1ccc(CC(=O)N2CCNC[C@H]2C)cc1. The van der Waals surface area contributed by atoms with Gasteiger partial charge < -0.3 is 10.2 Å². The summed E-state index contributed by atoms with van der Waals surface area (Å²) >= 11 is 0. The van der Waals surface area contributed by atoms with Crippen molar-refractivity contribution >= 4 is 5.91 Å². The molecule has 1 aliphatic rings. The zero-order chi connectivity index (χ0) is 12.3. The van der Waals surface area contributed by atoms with Crippen LogP contribution in [-0.2, 0) is 11.2 Å². The lowest BCUT2D eigenvalue weighted by Gasteiger charge is -2.34. The molecule has 3 heteroatoms. The highest BCUT2D eigenvalue weighted by Crippen LogP contribution is 2.09. The second-order valence-corrected chi connectivity index (χ2v) is 4.80. The van der Waals surface area contributed by atoms with E-state index in [1.165, 1.54) is 5.56 Å². The number of piperazine rings is 1. The summed E-state index contributed by atoms with van der Waals surface area (Å²) in [7, 11) is 0. The molecule has 2 rings (SSSR count). The maximum Gasteiger partial charge on any atom is 0.227 e. The molecule has 0 radical (unpaired) electrons. The van der Waals surface area contributed by atoms with Crippen molar-refractivity contribution in [2.45, 2.75) is 26.3 Å². The molecule has 1 aromatic carbocycles. The Morgan fingerprint density at radius 2 is 2.12 bits per heavy atom. The van der Waals surface area contributed by atoms with Crippen LogP contribution in [-0.4, -0.2) is 36.5 Å².